The van der Waals surface area contributed by atoms with Gasteiger partial charge in [-0.3, -0.25) is 0 Å². The van der Waals surface area contributed by atoms with Gasteiger partial charge in [-0.1, -0.05) is 0 Å². The molecule has 1 aliphatic heterocycles. The number of benzene rings is 1. The van der Waals surface area contributed by atoms with E-state index in [1.54, 1.807) is 0 Å². The number of alkyl halides is 2. The molecule has 0 N–H and O–H groups in total. The second kappa shape index (κ2) is 4.31. The Morgan fingerprint density at radius 3 is 2.63 bits per heavy atom. The van der Waals surface area contributed by atoms with Gasteiger partial charge < -0.3 is 9.47 Å². The van der Waals surface area contributed by atoms with Crippen molar-refractivity contribution in [1.82, 2.24) is 0 Å². The van der Waals surface area contributed by atoms with Crippen LogP contribution in [0.4, 0.5) is 8.78 Å². The van der Waals surface area contributed by atoms with Crippen molar-refractivity contribution in [2.24, 2.45) is 4.99 Å². The van der Waals surface area contributed by atoms with Crippen LogP contribution in [0.2, 0.25) is 0 Å². The minimum atomic E-state index is -2.61. The van der Waals surface area contributed by atoms with Crippen molar-refractivity contribution in [3.63, 3.8) is 0 Å². The summed E-state index contributed by atoms with van der Waals surface area (Å²) >= 11 is 0. The van der Waals surface area contributed by atoms with Crippen LogP contribution in [0, 0.1) is 0 Å². The lowest BCUT2D eigenvalue weighted by Crippen LogP contribution is -2.19. The van der Waals surface area contributed by atoms with Gasteiger partial charge in [0.2, 0.25) is 6.08 Å². The fourth-order valence-electron chi connectivity index (χ4n) is 2.29. The highest BCUT2D eigenvalue weighted by Crippen LogP contribution is 2.55. The van der Waals surface area contributed by atoms with E-state index in [0.29, 0.717) is 43.1 Å². The average molecular weight is 267 g/mol. The number of fused-ring (bicyclic) bond motifs is 1. The van der Waals surface area contributed by atoms with Gasteiger partial charge in [-0.05, 0) is 25.0 Å². The zero-order chi connectivity index (χ0) is 13.5. The predicted octanol–water partition coefficient (Wildman–Crippen LogP) is 2.72. The maximum Gasteiger partial charge on any atom is 0.263 e. The molecule has 1 aromatic carbocycles. The molecular weight excluding hydrogens is 256 g/mol. The van der Waals surface area contributed by atoms with Crippen LogP contribution in [-0.4, -0.2) is 19.3 Å². The molecule has 0 unspecified atom stereocenters. The minimum absolute atomic E-state index is 0.147. The highest BCUT2D eigenvalue weighted by molar-refractivity contribution is 5.56. The van der Waals surface area contributed by atoms with Gasteiger partial charge in [-0.2, -0.15) is 4.99 Å². The first-order valence-corrected chi connectivity index (χ1v) is 5.97. The lowest BCUT2D eigenvalue weighted by atomic mass is 10.00. The molecular formula is C13H11F2NO3. The van der Waals surface area contributed by atoms with Crippen molar-refractivity contribution >= 4 is 6.08 Å². The minimum Gasteiger partial charge on any atom is -0.486 e. The van der Waals surface area contributed by atoms with Crippen molar-refractivity contribution in [3.8, 4) is 11.5 Å². The molecule has 3 rings (SSSR count). The summed E-state index contributed by atoms with van der Waals surface area (Å²) in [6.45, 7) is 0.679. The topological polar surface area (TPSA) is 47.9 Å². The van der Waals surface area contributed by atoms with Gasteiger partial charge >= 0.3 is 0 Å². The average Bonchev–Trinajstić information content (AvgIpc) is 3.18. The largest absolute Gasteiger partial charge is 0.486 e. The van der Waals surface area contributed by atoms with Gasteiger partial charge in [0.25, 0.3) is 6.43 Å². The molecule has 0 atom stereocenters. The molecule has 1 saturated carbocycles. The van der Waals surface area contributed by atoms with E-state index in [2.05, 4.69) is 4.99 Å². The molecule has 19 heavy (non-hydrogen) atoms. The number of isocyanates is 1. The Morgan fingerprint density at radius 2 is 2.00 bits per heavy atom. The van der Waals surface area contributed by atoms with E-state index in [1.807, 2.05) is 0 Å². The molecule has 1 aliphatic carbocycles. The molecule has 0 aromatic heterocycles. The van der Waals surface area contributed by atoms with Gasteiger partial charge in [0.1, 0.15) is 18.8 Å². The van der Waals surface area contributed by atoms with Crippen molar-refractivity contribution in [2.75, 3.05) is 13.2 Å². The smallest absolute Gasteiger partial charge is 0.263 e. The van der Waals surface area contributed by atoms with Gasteiger partial charge in [0.15, 0.2) is 11.5 Å². The van der Waals surface area contributed by atoms with E-state index in [1.165, 1.54) is 18.2 Å². The fourth-order valence-corrected chi connectivity index (χ4v) is 2.29. The monoisotopic (exact) mass is 267 g/mol. The molecule has 1 heterocycles. The fraction of sp³-hybridized carbons (Fsp3) is 0.462. The number of hydrogen-bond donors (Lipinski definition) is 0. The second-order valence-corrected chi connectivity index (χ2v) is 4.63. The predicted molar refractivity (Wildman–Crippen MR) is 61.4 cm³/mol. The summed E-state index contributed by atoms with van der Waals surface area (Å²) < 4.78 is 36.7. The molecule has 4 nitrogen and oxygen atoms in total. The first-order chi connectivity index (χ1) is 9.16. The van der Waals surface area contributed by atoms with E-state index in [0.717, 1.165) is 0 Å². The maximum absolute atomic E-state index is 12.9. The van der Waals surface area contributed by atoms with E-state index in [-0.39, 0.29) is 5.56 Å². The second-order valence-electron chi connectivity index (χ2n) is 4.63. The number of hydrogen-bond acceptors (Lipinski definition) is 4. The summed E-state index contributed by atoms with van der Waals surface area (Å²) in [5.74, 6) is 0.721. The summed E-state index contributed by atoms with van der Waals surface area (Å²) in [6.07, 6.45) is 0.169. The standard InChI is InChI=1S/C13H11F2NO3/c14-12(15)8-5-9(13(1-2-13)16-7-17)11-10(6-8)18-3-4-19-11/h5-6,12H,1-4H2. The molecule has 1 fully saturated rings. The third-order valence-corrected chi connectivity index (χ3v) is 3.40. The summed E-state index contributed by atoms with van der Waals surface area (Å²) in [7, 11) is 0. The van der Waals surface area contributed by atoms with Crippen LogP contribution in [0.5, 0.6) is 11.5 Å². The summed E-state index contributed by atoms with van der Waals surface area (Å²) in [5, 5.41) is 0. The van der Waals surface area contributed by atoms with E-state index in [9.17, 15) is 13.6 Å². The van der Waals surface area contributed by atoms with Gasteiger partial charge in [0.05, 0.1) is 0 Å². The third kappa shape index (κ3) is 1.98. The summed E-state index contributed by atoms with van der Waals surface area (Å²) in [6, 6.07) is 2.63. The highest BCUT2D eigenvalue weighted by atomic mass is 19.3. The molecule has 0 bridgehead atoms. The number of rotatable bonds is 3. The van der Waals surface area contributed by atoms with Crippen molar-refractivity contribution in [3.05, 3.63) is 23.3 Å². The third-order valence-electron chi connectivity index (χ3n) is 3.40. The normalized spacial score (nSPS) is 18.9. The van der Waals surface area contributed by atoms with Crippen molar-refractivity contribution < 1.29 is 23.0 Å². The Kier molecular flexibility index (Phi) is 2.75. The molecule has 0 amide bonds. The highest BCUT2D eigenvalue weighted by Gasteiger charge is 2.48. The summed E-state index contributed by atoms with van der Waals surface area (Å²) in [4.78, 5) is 14.3. The number of nitrogens with zero attached hydrogens (tertiary/aromatic N) is 1. The molecule has 0 spiro atoms. The quantitative estimate of drug-likeness (QED) is 0.625. The van der Waals surface area contributed by atoms with E-state index >= 15 is 0 Å². The summed E-state index contributed by atoms with van der Waals surface area (Å²) in [5.41, 5.74) is -0.396. The van der Waals surface area contributed by atoms with Gasteiger partial charge in [-0.25, -0.2) is 13.6 Å². The number of halogens is 2. The Bertz CT molecular complexity index is 563. The van der Waals surface area contributed by atoms with Crippen LogP contribution in [0.25, 0.3) is 0 Å². The van der Waals surface area contributed by atoms with Gasteiger partial charge in [0, 0.05) is 11.1 Å². The molecule has 0 radical (unpaired) electrons. The van der Waals surface area contributed by atoms with Crippen LogP contribution in [-0.2, 0) is 10.3 Å². The first kappa shape index (κ1) is 12.1. The Balaban J connectivity index is 2.16. The maximum atomic E-state index is 12.9. The van der Waals surface area contributed by atoms with Crippen LogP contribution < -0.4 is 9.47 Å². The van der Waals surface area contributed by atoms with Crippen LogP contribution in [0.3, 0.4) is 0 Å². The van der Waals surface area contributed by atoms with Crippen LogP contribution >= 0.6 is 0 Å². The van der Waals surface area contributed by atoms with Crippen molar-refractivity contribution in [2.45, 2.75) is 24.8 Å². The first-order valence-electron chi connectivity index (χ1n) is 5.97. The van der Waals surface area contributed by atoms with E-state index in [4.69, 9.17) is 9.47 Å². The SMILES string of the molecule is O=C=NC1(c2cc(C(F)F)cc3c2OCCO3)CC1. The van der Waals surface area contributed by atoms with Crippen LogP contribution in [0.1, 0.15) is 30.4 Å². The van der Waals surface area contributed by atoms with E-state index < -0.39 is 12.0 Å². The Morgan fingerprint density at radius 1 is 1.26 bits per heavy atom. The number of ether oxygens (including phenoxy) is 2. The molecule has 100 valence electrons. The molecule has 2 aliphatic rings. The Labute approximate surface area is 108 Å². The lowest BCUT2D eigenvalue weighted by Gasteiger charge is -2.24. The van der Waals surface area contributed by atoms with Crippen LogP contribution in [0.15, 0.2) is 17.1 Å². The number of carbonyl (C=O) groups excluding carboxylic acids is 1. The lowest BCUT2D eigenvalue weighted by molar-refractivity contribution is 0.146. The zero-order valence-corrected chi connectivity index (χ0v) is 9.99. The Hall–Kier alpha value is -1.94. The molecule has 1 aromatic rings. The zero-order valence-electron chi connectivity index (χ0n) is 9.99. The van der Waals surface area contributed by atoms with Gasteiger partial charge in [-0.15, -0.1) is 0 Å². The number of aliphatic imine (C=N–C) groups is 1. The van der Waals surface area contributed by atoms with Crippen molar-refractivity contribution in [1.29, 1.82) is 0 Å². The molecule has 0 saturated heterocycles. The molecule has 6 heteroatoms.